The quantitative estimate of drug-likeness (QED) is 0.804. The Morgan fingerprint density at radius 1 is 1.58 bits per heavy atom. The summed E-state index contributed by atoms with van der Waals surface area (Å²) in [6, 6.07) is 7.32. The van der Waals surface area contributed by atoms with Gasteiger partial charge in [-0.3, -0.25) is 9.69 Å². The summed E-state index contributed by atoms with van der Waals surface area (Å²) in [7, 11) is 1.96. The van der Waals surface area contributed by atoms with E-state index in [1.807, 2.05) is 26.1 Å². The number of amides is 1. The van der Waals surface area contributed by atoms with Gasteiger partial charge in [-0.2, -0.15) is 0 Å². The van der Waals surface area contributed by atoms with Crippen molar-refractivity contribution in [3.8, 4) is 0 Å². The van der Waals surface area contributed by atoms with Crippen LogP contribution in [0, 0.1) is 0 Å². The lowest BCUT2D eigenvalue weighted by Crippen LogP contribution is -2.45. The van der Waals surface area contributed by atoms with Gasteiger partial charge in [-0.25, -0.2) is 0 Å². The number of nitrogens with one attached hydrogen (secondary N) is 1. The van der Waals surface area contributed by atoms with E-state index < -0.39 is 0 Å². The summed E-state index contributed by atoms with van der Waals surface area (Å²) < 4.78 is 5.35. The number of carbonyl (C=O) groups excluding carboxylic acids is 1. The van der Waals surface area contributed by atoms with Crippen LogP contribution in [0.5, 0.6) is 0 Å². The van der Waals surface area contributed by atoms with E-state index in [4.69, 9.17) is 10.5 Å². The monoisotopic (exact) mass is 263 g/mol. The Balaban J connectivity index is 1.95. The molecule has 1 aromatic carbocycles. The number of hydrogen-bond acceptors (Lipinski definition) is 4. The van der Waals surface area contributed by atoms with E-state index in [1.165, 1.54) is 0 Å². The van der Waals surface area contributed by atoms with Crippen LogP contribution < -0.4 is 11.1 Å². The molecule has 1 heterocycles. The molecule has 19 heavy (non-hydrogen) atoms. The molecule has 2 rings (SSSR count). The van der Waals surface area contributed by atoms with Gasteiger partial charge in [0.25, 0.3) is 0 Å². The first-order chi connectivity index (χ1) is 9.08. The molecule has 104 valence electrons. The fraction of sp³-hybridized carbons (Fsp3) is 0.500. The van der Waals surface area contributed by atoms with Gasteiger partial charge in [0.15, 0.2) is 0 Å². The van der Waals surface area contributed by atoms with Crippen LogP contribution >= 0.6 is 0 Å². The van der Waals surface area contributed by atoms with Gasteiger partial charge in [0, 0.05) is 24.0 Å². The zero-order valence-electron chi connectivity index (χ0n) is 11.4. The second kappa shape index (κ2) is 6.04. The van der Waals surface area contributed by atoms with Crippen molar-refractivity contribution in [2.24, 2.45) is 0 Å². The van der Waals surface area contributed by atoms with Crippen molar-refractivity contribution in [3.63, 3.8) is 0 Å². The molecule has 1 aromatic rings. The van der Waals surface area contributed by atoms with E-state index in [-0.39, 0.29) is 11.9 Å². The SMILES string of the molecule is CC(C(=O)Nc1cccc(N)c1)N(C)C1CCOC1. The number of ether oxygens (including phenoxy) is 1. The van der Waals surface area contributed by atoms with Crippen LogP contribution in [0.2, 0.25) is 0 Å². The molecule has 0 saturated carbocycles. The molecule has 1 saturated heterocycles. The van der Waals surface area contributed by atoms with Crippen LogP contribution in [0.25, 0.3) is 0 Å². The second-order valence-electron chi connectivity index (χ2n) is 4.97. The van der Waals surface area contributed by atoms with Gasteiger partial charge in [-0.1, -0.05) is 6.07 Å². The van der Waals surface area contributed by atoms with Crippen LogP contribution in [0.3, 0.4) is 0 Å². The number of carbonyl (C=O) groups is 1. The number of nitrogen functional groups attached to an aromatic ring is 1. The van der Waals surface area contributed by atoms with E-state index >= 15 is 0 Å². The molecule has 5 nitrogen and oxygen atoms in total. The molecule has 1 fully saturated rings. The summed E-state index contributed by atoms with van der Waals surface area (Å²) in [6.07, 6.45) is 0.979. The lowest BCUT2D eigenvalue weighted by molar-refractivity contribution is -0.121. The first-order valence-corrected chi connectivity index (χ1v) is 6.54. The smallest absolute Gasteiger partial charge is 0.241 e. The highest BCUT2D eigenvalue weighted by atomic mass is 16.5. The highest BCUT2D eigenvalue weighted by Gasteiger charge is 2.27. The molecule has 0 spiro atoms. The minimum Gasteiger partial charge on any atom is -0.399 e. The summed E-state index contributed by atoms with van der Waals surface area (Å²) in [6.45, 7) is 3.38. The molecule has 3 N–H and O–H groups in total. The average molecular weight is 263 g/mol. The molecule has 0 radical (unpaired) electrons. The van der Waals surface area contributed by atoms with Crippen molar-refractivity contribution in [3.05, 3.63) is 24.3 Å². The second-order valence-corrected chi connectivity index (χ2v) is 4.97. The first kappa shape index (κ1) is 13.8. The lowest BCUT2D eigenvalue weighted by atomic mass is 10.1. The third-order valence-electron chi connectivity index (χ3n) is 3.63. The number of nitrogens with two attached hydrogens (primary N) is 1. The van der Waals surface area contributed by atoms with Gasteiger partial charge in [0.1, 0.15) is 0 Å². The molecule has 1 amide bonds. The maximum atomic E-state index is 12.2. The van der Waals surface area contributed by atoms with E-state index in [0.29, 0.717) is 18.3 Å². The number of hydrogen-bond donors (Lipinski definition) is 2. The van der Waals surface area contributed by atoms with Crippen LogP contribution in [-0.2, 0) is 9.53 Å². The van der Waals surface area contributed by atoms with E-state index in [2.05, 4.69) is 10.2 Å². The van der Waals surface area contributed by atoms with Gasteiger partial charge < -0.3 is 15.8 Å². The van der Waals surface area contributed by atoms with E-state index in [0.717, 1.165) is 18.7 Å². The molecule has 0 bridgehead atoms. The largest absolute Gasteiger partial charge is 0.399 e. The van der Waals surface area contributed by atoms with Gasteiger partial charge in [-0.15, -0.1) is 0 Å². The van der Waals surface area contributed by atoms with Crippen molar-refractivity contribution in [2.45, 2.75) is 25.4 Å². The number of benzene rings is 1. The summed E-state index contributed by atoms with van der Waals surface area (Å²) in [5.74, 6) is -0.0278. The molecule has 1 aliphatic heterocycles. The third kappa shape index (κ3) is 3.45. The number of rotatable bonds is 4. The van der Waals surface area contributed by atoms with Crippen molar-refractivity contribution in [1.29, 1.82) is 0 Å². The van der Waals surface area contributed by atoms with Crippen LogP contribution in [-0.4, -0.2) is 43.2 Å². The predicted octanol–water partition coefficient (Wildman–Crippen LogP) is 1.32. The van der Waals surface area contributed by atoms with Gasteiger partial charge in [0.05, 0.1) is 12.6 Å². The van der Waals surface area contributed by atoms with Crippen molar-refractivity contribution in [1.82, 2.24) is 4.90 Å². The van der Waals surface area contributed by atoms with Crippen molar-refractivity contribution in [2.75, 3.05) is 31.3 Å². The van der Waals surface area contributed by atoms with Crippen molar-refractivity contribution >= 4 is 17.3 Å². The van der Waals surface area contributed by atoms with Gasteiger partial charge in [-0.05, 0) is 38.6 Å². The normalized spacial score (nSPS) is 20.5. The first-order valence-electron chi connectivity index (χ1n) is 6.54. The minimum atomic E-state index is -0.201. The molecule has 0 aliphatic carbocycles. The molecular weight excluding hydrogens is 242 g/mol. The Bertz CT molecular complexity index is 444. The van der Waals surface area contributed by atoms with Crippen LogP contribution in [0.1, 0.15) is 13.3 Å². The highest BCUT2D eigenvalue weighted by molar-refractivity contribution is 5.94. The van der Waals surface area contributed by atoms with Crippen LogP contribution in [0.15, 0.2) is 24.3 Å². The molecule has 1 aliphatic rings. The summed E-state index contributed by atoms with van der Waals surface area (Å²) in [5, 5.41) is 2.89. The Morgan fingerprint density at radius 2 is 2.37 bits per heavy atom. The standard InChI is InChI=1S/C14H21N3O2/c1-10(17(2)13-6-7-19-9-13)14(18)16-12-5-3-4-11(15)8-12/h3-5,8,10,13H,6-7,9,15H2,1-2H3,(H,16,18). The molecule has 0 aromatic heterocycles. The fourth-order valence-corrected chi connectivity index (χ4v) is 2.21. The third-order valence-corrected chi connectivity index (χ3v) is 3.63. The number of likely N-dealkylation sites (N-methyl/N-ethyl adjacent to an activating group) is 1. The fourth-order valence-electron chi connectivity index (χ4n) is 2.21. The Morgan fingerprint density at radius 3 is 3.00 bits per heavy atom. The zero-order valence-corrected chi connectivity index (χ0v) is 11.4. The average Bonchev–Trinajstić information content (AvgIpc) is 2.90. The molecular formula is C14H21N3O2. The molecule has 2 atom stereocenters. The number of nitrogens with zero attached hydrogens (tertiary/aromatic N) is 1. The predicted molar refractivity (Wildman–Crippen MR) is 75.9 cm³/mol. The molecule has 5 heteroatoms. The van der Waals surface area contributed by atoms with Gasteiger partial charge >= 0.3 is 0 Å². The van der Waals surface area contributed by atoms with E-state index in [1.54, 1.807) is 12.1 Å². The van der Waals surface area contributed by atoms with E-state index in [9.17, 15) is 4.79 Å². The maximum Gasteiger partial charge on any atom is 0.241 e. The molecule has 2 unspecified atom stereocenters. The van der Waals surface area contributed by atoms with Crippen LogP contribution in [0.4, 0.5) is 11.4 Å². The van der Waals surface area contributed by atoms with Gasteiger partial charge in [0.2, 0.25) is 5.91 Å². The Labute approximate surface area is 113 Å². The van der Waals surface area contributed by atoms with Crippen molar-refractivity contribution < 1.29 is 9.53 Å². The maximum absolute atomic E-state index is 12.2. The number of anilines is 2. The summed E-state index contributed by atoms with van der Waals surface area (Å²) in [5.41, 5.74) is 7.06. The lowest BCUT2D eigenvalue weighted by Gasteiger charge is -2.28. The Kier molecular flexibility index (Phi) is 4.39. The summed E-state index contributed by atoms with van der Waals surface area (Å²) >= 11 is 0. The minimum absolute atomic E-state index is 0.0278. The highest BCUT2D eigenvalue weighted by Crippen LogP contribution is 2.16. The summed E-state index contributed by atoms with van der Waals surface area (Å²) in [4.78, 5) is 14.3. The zero-order chi connectivity index (χ0) is 13.8. The topological polar surface area (TPSA) is 67.6 Å². The Hall–Kier alpha value is -1.59.